The lowest BCUT2D eigenvalue weighted by Crippen LogP contribution is -2.48. The number of halogens is 2. The van der Waals surface area contributed by atoms with Crippen LogP contribution in [-0.2, 0) is 37.1 Å². The summed E-state index contributed by atoms with van der Waals surface area (Å²) in [7, 11) is 1.59. The van der Waals surface area contributed by atoms with E-state index in [1.54, 1.807) is 95.3 Å². The molecule has 0 saturated carbocycles. The fraction of sp³-hybridized carbons (Fsp3) is 0.429. The fourth-order valence-corrected chi connectivity index (χ4v) is 14.3. The van der Waals surface area contributed by atoms with Crippen LogP contribution in [0.1, 0.15) is 129 Å². The highest BCUT2D eigenvalue weighted by Gasteiger charge is 2.46. The predicted molar refractivity (Wildman–Crippen MR) is 341 cm³/mol. The van der Waals surface area contributed by atoms with Crippen LogP contribution < -0.4 is 31.1 Å². The van der Waals surface area contributed by atoms with E-state index in [1.165, 1.54) is 63.4 Å². The van der Waals surface area contributed by atoms with Gasteiger partial charge in [-0.15, -0.1) is 0 Å². The average Bonchev–Trinajstić information content (AvgIpc) is 3.06. The first-order valence-electron chi connectivity index (χ1n) is 30.8. The SMILES string of the molecule is CC(C)(C)C(=O)NCCN1CC[C@H]2[C@@H](C1)c1cccc3c1N2CC3.CNC(=O)c1cccc(NC(=O)Nc2cccc(C(C)=O)c2)c1CN1CCC(Cc2ccc(F)cc2)CC1.Fc1ccc(CN2CC[C@H]3[C@@H](C2)c2cccc4c2N3CC4)cc1.[HH].[HH].[HH]. The van der Waals surface area contributed by atoms with Crippen LogP contribution in [0.5, 0.6) is 0 Å². The molecule has 7 aliphatic rings. The molecule has 6 aromatic rings. The summed E-state index contributed by atoms with van der Waals surface area (Å²) < 4.78 is 26.3. The molecule has 0 bridgehead atoms. The van der Waals surface area contributed by atoms with E-state index in [2.05, 4.69) is 82.2 Å². The molecule has 0 aromatic heterocycles. The second-order valence-electron chi connectivity index (χ2n) is 25.4. The van der Waals surface area contributed by atoms with Crippen molar-refractivity contribution in [3.05, 3.63) is 189 Å². The Morgan fingerprint density at radius 1 is 0.612 bits per heavy atom. The highest BCUT2D eigenvalue weighted by molar-refractivity contribution is 6.03. The van der Waals surface area contributed by atoms with E-state index in [9.17, 15) is 28.0 Å². The number of fused-ring (bicyclic) bond motifs is 6. The van der Waals surface area contributed by atoms with E-state index in [1.807, 2.05) is 45.0 Å². The van der Waals surface area contributed by atoms with Gasteiger partial charge in [-0.2, -0.15) is 0 Å². The molecule has 85 heavy (non-hydrogen) atoms. The molecule has 7 heterocycles. The van der Waals surface area contributed by atoms with E-state index in [-0.39, 0.29) is 38.9 Å². The molecule has 452 valence electrons. The number of rotatable bonds is 13. The molecule has 0 aliphatic carbocycles. The molecule has 4 amide bonds. The summed E-state index contributed by atoms with van der Waals surface area (Å²) in [6.07, 6.45) is 7.82. The molecule has 0 radical (unpaired) electrons. The van der Waals surface area contributed by atoms with Gasteiger partial charge in [0, 0.05) is 146 Å². The van der Waals surface area contributed by atoms with Crippen molar-refractivity contribution in [3.63, 3.8) is 0 Å². The Bertz CT molecular complexity index is 3400. The van der Waals surface area contributed by atoms with Crippen molar-refractivity contribution >= 4 is 46.4 Å². The molecule has 6 aromatic carbocycles. The standard InChI is InChI=1S/C30H33FN4O3.C20H21FN2.C20H29N3O.3H2/c1-20(36)23-5-3-6-25(18-23)33-30(38)34-28-8-4-7-26(29(37)32-2)27(28)19-35-15-13-22(14-16-35)17-21-9-11-24(31)12-10-21;21-16-6-4-14(5-7-16)12-22-10-9-19-18(13-22)17-3-1-2-15-8-11-23(19)20(15)17;1-20(2,3)19(24)21-9-12-22-10-8-17-16(13-22)15-6-4-5-14-7-11-23(17)18(14)15;;;/h3-12,18,22H,13-17,19H2,1-2H3,(H,32,37)(H2,33,34,38);1-7,18-19H,8-13H2;4-6,16-17H,7-13H2,1-3H3,(H,21,24);3*1H/t;18-,19-;16-,17-;;;/m.00.../s1. The van der Waals surface area contributed by atoms with Crippen molar-refractivity contribution in [2.24, 2.45) is 11.3 Å². The number of carbonyl (C=O) groups excluding carboxylic acids is 4. The number of likely N-dealkylation sites (tertiary alicyclic amines) is 3. The minimum Gasteiger partial charge on any atom is -0.367 e. The maximum atomic E-state index is 13.2. The van der Waals surface area contributed by atoms with Crippen LogP contribution in [0, 0.1) is 23.0 Å². The van der Waals surface area contributed by atoms with Gasteiger partial charge >= 0.3 is 6.03 Å². The summed E-state index contributed by atoms with van der Waals surface area (Å²) in [6, 6.07) is 40.4. The molecule has 4 atom stereocenters. The van der Waals surface area contributed by atoms with Crippen LogP contribution >= 0.6 is 0 Å². The fourth-order valence-electron chi connectivity index (χ4n) is 14.3. The summed E-state index contributed by atoms with van der Waals surface area (Å²) in [5.41, 5.74) is 14.2. The zero-order valence-corrected chi connectivity index (χ0v) is 50.1. The number of piperidine rings is 3. The predicted octanol–water partition coefficient (Wildman–Crippen LogP) is 12.2. The van der Waals surface area contributed by atoms with Crippen LogP contribution in [0.4, 0.5) is 36.3 Å². The summed E-state index contributed by atoms with van der Waals surface area (Å²) in [5, 5.41) is 11.4. The number of anilines is 4. The van der Waals surface area contributed by atoms with E-state index >= 15 is 0 Å². The van der Waals surface area contributed by atoms with Crippen LogP contribution in [0.15, 0.2) is 127 Å². The summed E-state index contributed by atoms with van der Waals surface area (Å²) in [6.45, 7) is 19.2. The van der Waals surface area contributed by atoms with Gasteiger partial charge in [0.05, 0.1) is 0 Å². The van der Waals surface area contributed by atoms with Crippen molar-refractivity contribution in [3.8, 4) is 0 Å². The van der Waals surface area contributed by atoms with E-state index in [0.29, 0.717) is 58.9 Å². The smallest absolute Gasteiger partial charge is 0.323 e. The van der Waals surface area contributed by atoms with E-state index in [0.717, 1.165) is 89.3 Å². The number of hydrogen-bond acceptors (Lipinski definition) is 9. The van der Waals surface area contributed by atoms with Gasteiger partial charge < -0.3 is 36.0 Å². The Labute approximate surface area is 505 Å². The first kappa shape index (κ1) is 59.3. The van der Waals surface area contributed by atoms with Crippen molar-refractivity contribution in [1.82, 2.24) is 25.3 Å². The lowest BCUT2D eigenvalue weighted by atomic mass is 9.87. The summed E-state index contributed by atoms with van der Waals surface area (Å²) >= 11 is 0. The molecule has 13 nitrogen and oxygen atoms in total. The largest absolute Gasteiger partial charge is 0.367 e. The van der Waals surface area contributed by atoms with E-state index < -0.39 is 6.03 Å². The molecule has 7 aliphatic heterocycles. The first-order chi connectivity index (χ1) is 41.1. The van der Waals surface area contributed by atoms with Gasteiger partial charge in [-0.25, -0.2) is 13.6 Å². The van der Waals surface area contributed by atoms with Gasteiger partial charge in [0.2, 0.25) is 5.91 Å². The summed E-state index contributed by atoms with van der Waals surface area (Å²) in [4.78, 5) is 61.9. The number of nitrogens with one attached hydrogen (secondary N) is 4. The second-order valence-corrected chi connectivity index (χ2v) is 25.4. The van der Waals surface area contributed by atoms with Crippen LogP contribution in [0.25, 0.3) is 0 Å². The maximum Gasteiger partial charge on any atom is 0.323 e. The topological polar surface area (TPSA) is 133 Å². The number of urea groups is 1. The van der Waals surface area contributed by atoms with Gasteiger partial charge in [-0.3, -0.25) is 24.2 Å². The van der Waals surface area contributed by atoms with Gasteiger partial charge in [0.25, 0.3) is 5.91 Å². The van der Waals surface area contributed by atoms with Crippen molar-refractivity contribution in [1.29, 1.82) is 0 Å². The Balaban J connectivity index is 0.000000175. The molecule has 0 unspecified atom stereocenters. The van der Waals surface area contributed by atoms with Gasteiger partial charge in [-0.05, 0) is 153 Å². The van der Waals surface area contributed by atoms with Gasteiger partial charge in [0.1, 0.15) is 11.6 Å². The Kier molecular flexibility index (Phi) is 18.2. The number of benzene rings is 6. The van der Waals surface area contributed by atoms with Crippen LogP contribution in [0.3, 0.4) is 0 Å². The third kappa shape index (κ3) is 13.6. The van der Waals surface area contributed by atoms with Crippen LogP contribution in [0.2, 0.25) is 0 Å². The zero-order valence-electron chi connectivity index (χ0n) is 50.1. The van der Waals surface area contributed by atoms with Crippen LogP contribution in [-0.4, -0.2) is 123 Å². The first-order valence-corrected chi connectivity index (χ1v) is 30.8. The lowest BCUT2D eigenvalue weighted by molar-refractivity contribution is -0.128. The molecule has 4 N–H and O–H groups in total. The number of hydrogen-bond donors (Lipinski definition) is 4. The third-order valence-corrected chi connectivity index (χ3v) is 18.7. The van der Waals surface area contributed by atoms with Gasteiger partial charge in [-0.1, -0.05) is 99.6 Å². The molecule has 0 spiro atoms. The summed E-state index contributed by atoms with van der Waals surface area (Å²) in [5.74, 6) is 1.27. The highest BCUT2D eigenvalue weighted by Crippen LogP contribution is 2.50. The lowest BCUT2D eigenvalue weighted by Gasteiger charge is -2.38. The third-order valence-electron chi connectivity index (χ3n) is 18.7. The highest BCUT2D eigenvalue weighted by atomic mass is 19.1. The molecule has 13 rings (SSSR count). The second kappa shape index (κ2) is 26.0. The van der Waals surface area contributed by atoms with E-state index in [4.69, 9.17) is 0 Å². The molecular formula is C70H89F2N9O4. The molecule has 3 fully saturated rings. The van der Waals surface area contributed by atoms with Gasteiger partial charge in [0.15, 0.2) is 5.78 Å². The normalized spacial score (nSPS) is 20.4. The Hall–Kier alpha value is -7.46. The van der Waals surface area contributed by atoms with Crippen molar-refractivity contribution in [2.75, 3.05) is 92.9 Å². The molecular weight excluding hydrogens is 1070 g/mol. The Morgan fingerprint density at radius 3 is 1.78 bits per heavy atom. The average molecular weight is 1160 g/mol. The number of ketones is 1. The number of carbonyl (C=O) groups is 4. The number of Topliss-reactive ketones (excluding diaryl/α,β-unsaturated/α-hetero) is 1. The van der Waals surface area contributed by atoms with Crippen molar-refractivity contribution in [2.45, 2.75) is 110 Å². The quantitative estimate of drug-likeness (QED) is 0.0835. The number of nitrogens with zero attached hydrogens (tertiary/aromatic N) is 5. The molecule has 15 heteroatoms. The number of para-hydroxylation sites is 2. The minimum atomic E-state index is -0.459. The maximum absolute atomic E-state index is 13.2. The van der Waals surface area contributed by atoms with Crippen molar-refractivity contribution < 1.29 is 32.2 Å². The monoisotopic (exact) mass is 1160 g/mol. The molecule has 3 saturated heterocycles. The zero-order chi connectivity index (χ0) is 59.4. The minimum absolute atomic E-state index is 0. The number of amides is 4. The Morgan fingerprint density at radius 2 is 1.18 bits per heavy atom.